The number of nitrogens with one attached hydrogen (secondary N) is 2. The van der Waals surface area contributed by atoms with Gasteiger partial charge in [-0.15, -0.1) is 0 Å². The first-order valence-corrected chi connectivity index (χ1v) is 5.48. The number of nitrogens with two attached hydrogens (primary N) is 1. The van der Waals surface area contributed by atoms with Crippen LogP contribution in [0.5, 0.6) is 0 Å². The summed E-state index contributed by atoms with van der Waals surface area (Å²) >= 11 is 0. The van der Waals surface area contributed by atoms with Crippen LogP contribution in [0.1, 0.15) is 17.2 Å². The molecule has 3 nitrogen and oxygen atoms in total. The van der Waals surface area contributed by atoms with Crippen molar-refractivity contribution in [2.75, 3.05) is 0 Å². The summed E-state index contributed by atoms with van der Waals surface area (Å²) in [6.07, 6.45) is 0. The van der Waals surface area contributed by atoms with E-state index in [1.54, 1.807) is 0 Å². The van der Waals surface area contributed by atoms with E-state index in [0.717, 1.165) is 11.1 Å². The highest BCUT2D eigenvalue weighted by atomic mass is 15.1. The molecule has 0 fully saturated rings. The molecule has 4 N–H and O–H groups in total. The van der Waals surface area contributed by atoms with E-state index in [1.165, 1.54) is 0 Å². The van der Waals surface area contributed by atoms with E-state index in [2.05, 4.69) is 5.32 Å². The lowest BCUT2D eigenvalue weighted by Crippen LogP contribution is -2.34. The number of hydrogen-bond donors (Lipinski definition) is 3. The monoisotopic (exact) mass is 225 g/mol. The molecule has 2 aromatic rings. The highest BCUT2D eigenvalue weighted by Gasteiger charge is 2.13. The Morgan fingerprint density at radius 1 is 0.882 bits per heavy atom. The van der Waals surface area contributed by atoms with E-state index in [4.69, 9.17) is 11.1 Å². The fraction of sp³-hybridized carbons (Fsp3) is 0.0714. The molecular formula is C14H15N3. The summed E-state index contributed by atoms with van der Waals surface area (Å²) in [6.45, 7) is 0. The van der Waals surface area contributed by atoms with Gasteiger partial charge in [0.1, 0.15) is 0 Å². The van der Waals surface area contributed by atoms with Crippen molar-refractivity contribution in [3.63, 3.8) is 0 Å². The summed E-state index contributed by atoms with van der Waals surface area (Å²) < 4.78 is 0. The maximum atomic E-state index is 7.39. The first-order valence-electron chi connectivity index (χ1n) is 5.48. The summed E-state index contributed by atoms with van der Waals surface area (Å²) in [4.78, 5) is 0. The van der Waals surface area contributed by atoms with Crippen molar-refractivity contribution in [3.05, 3.63) is 71.8 Å². The standard InChI is InChI=1S/C14H15N3/c15-14(16)17-13(11-7-3-1-4-8-11)12-9-5-2-6-10-12/h1-10,13H,(H4,15,16,17). The van der Waals surface area contributed by atoms with E-state index >= 15 is 0 Å². The topological polar surface area (TPSA) is 61.9 Å². The van der Waals surface area contributed by atoms with Crippen LogP contribution >= 0.6 is 0 Å². The molecule has 86 valence electrons. The number of rotatable bonds is 3. The molecule has 0 spiro atoms. The lowest BCUT2D eigenvalue weighted by molar-refractivity contribution is 0.752. The lowest BCUT2D eigenvalue weighted by Gasteiger charge is -2.19. The van der Waals surface area contributed by atoms with Crippen LogP contribution in [-0.4, -0.2) is 5.96 Å². The van der Waals surface area contributed by atoms with Gasteiger partial charge in [-0.3, -0.25) is 5.41 Å². The predicted octanol–water partition coefficient (Wildman–Crippen LogP) is 2.26. The normalized spacial score (nSPS) is 10.2. The predicted molar refractivity (Wildman–Crippen MR) is 69.8 cm³/mol. The molecule has 0 radical (unpaired) electrons. The van der Waals surface area contributed by atoms with Crippen molar-refractivity contribution in [1.29, 1.82) is 5.41 Å². The molecule has 0 aliphatic heterocycles. The molecule has 0 atom stereocenters. The summed E-state index contributed by atoms with van der Waals surface area (Å²) in [5.41, 5.74) is 7.62. The number of hydrogen-bond acceptors (Lipinski definition) is 1. The van der Waals surface area contributed by atoms with Crippen LogP contribution in [0.4, 0.5) is 0 Å². The third kappa shape index (κ3) is 2.84. The van der Waals surface area contributed by atoms with E-state index in [1.807, 2.05) is 60.7 Å². The first kappa shape index (κ1) is 11.2. The summed E-state index contributed by atoms with van der Waals surface area (Å²) in [6, 6.07) is 19.9. The maximum absolute atomic E-state index is 7.39. The second kappa shape index (κ2) is 5.16. The molecular weight excluding hydrogens is 210 g/mol. The third-order valence-electron chi connectivity index (χ3n) is 2.57. The Hall–Kier alpha value is -2.29. The van der Waals surface area contributed by atoms with Crippen LogP contribution in [0.3, 0.4) is 0 Å². The number of benzene rings is 2. The molecule has 2 rings (SSSR count). The molecule has 0 aliphatic carbocycles. The minimum Gasteiger partial charge on any atom is -0.370 e. The van der Waals surface area contributed by atoms with Crippen LogP contribution in [-0.2, 0) is 0 Å². The fourth-order valence-corrected chi connectivity index (χ4v) is 1.81. The van der Waals surface area contributed by atoms with E-state index in [0.29, 0.717) is 0 Å². The van der Waals surface area contributed by atoms with Crippen molar-refractivity contribution < 1.29 is 0 Å². The average Bonchev–Trinajstić information content (AvgIpc) is 2.38. The zero-order valence-electron chi connectivity index (χ0n) is 9.43. The van der Waals surface area contributed by atoms with Gasteiger partial charge in [-0.1, -0.05) is 60.7 Å². The van der Waals surface area contributed by atoms with Crippen LogP contribution < -0.4 is 11.1 Å². The van der Waals surface area contributed by atoms with Crippen molar-refractivity contribution >= 4 is 5.96 Å². The van der Waals surface area contributed by atoms with Gasteiger partial charge >= 0.3 is 0 Å². The van der Waals surface area contributed by atoms with Crippen LogP contribution in [0.2, 0.25) is 0 Å². The third-order valence-corrected chi connectivity index (χ3v) is 2.57. The molecule has 0 amide bonds. The maximum Gasteiger partial charge on any atom is 0.186 e. The molecule has 0 saturated heterocycles. The van der Waals surface area contributed by atoms with Crippen molar-refractivity contribution in [1.82, 2.24) is 5.32 Å². The number of guanidine groups is 1. The molecule has 0 aliphatic rings. The molecule has 0 heterocycles. The van der Waals surface area contributed by atoms with Gasteiger partial charge < -0.3 is 11.1 Å². The Morgan fingerprint density at radius 2 is 1.29 bits per heavy atom. The molecule has 17 heavy (non-hydrogen) atoms. The molecule has 0 bridgehead atoms. The van der Waals surface area contributed by atoms with Crippen LogP contribution in [0.15, 0.2) is 60.7 Å². The quantitative estimate of drug-likeness (QED) is 0.554. The van der Waals surface area contributed by atoms with Gasteiger partial charge in [0, 0.05) is 0 Å². The van der Waals surface area contributed by atoms with Gasteiger partial charge in [-0.05, 0) is 11.1 Å². The Labute approximate surface area is 101 Å². The van der Waals surface area contributed by atoms with Crippen molar-refractivity contribution in [3.8, 4) is 0 Å². The molecule has 0 aromatic heterocycles. The van der Waals surface area contributed by atoms with Crippen LogP contribution in [0, 0.1) is 5.41 Å². The van der Waals surface area contributed by atoms with Crippen molar-refractivity contribution in [2.24, 2.45) is 5.73 Å². The average molecular weight is 225 g/mol. The Balaban J connectivity index is 2.36. The molecule has 0 unspecified atom stereocenters. The van der Waals surface area contributed by atoms with Gasteiger partial charge in [-0.25, -0.2) is 0 Å². The Kier molecular flexibility index (Phi) is 3.40. The smallest absolute Gasteiger partial charge is 0.186 e. The highest BCUT2D eigenvalue weighted by molar-refractivity contribution is 5.75. The van der Waals surface area contributed by atoms with E-state index in [9.17, 15) is 0 Å². The van der Waals surface area contributed by atoms with E-state index in [-0.39, 0.29) is 12.0 Å². The fourth-order valence-electron chi connectivity index (χ4n) is 1.81. The first-order chi connectivity index (χ1) is 8.27. The Morgan fingerprint density at radius 3 is 1.65 bits per heavy atom. The second-order valence-corrected chi connectivity index (χ2v) is 3.81. The SMILES string of the molecule is N=C(N)NC(c1ccccc1)c1ccccc1. The highest BCUT2D eigenvalue weighted by Crippen LogP contribution is 2.21. The Bertz CT molecular complexity index is 440. The van der Waals surface area contributed by atoms with Gasteiger partial charge in [0.05, 0.1) is 6.04 Å². The minimum absolute atomic E-state index is 0.0253. The van der Waals surface area contributed by atoms with E-state index < -0.39 is 0 Å². The van der Waals surface area contributed by atoms with Gasteiger partial charge in [-0.2, -0.15) is 0 Å². The summed E-state index contributed by atoms with van der Waals surface area (Å²) in [5.74, 6) is -0.0253. The lowest BCUT2D eigenvalue weighted by atomic mass is 9.99. The largest absolute Gasteiger partial charge is 0.370 e. The minimum atomic E-state index is -0.0742. The second-order valence-electron chi connectivity index (χ2n) is 3.81. The van der Waals surface area contributed by atoms with Gasteiger partial charge in [0.2, 0.25) is 0 Å². The van der Waals surface area contributed by atoms with Crippen LogP contribution in [0.25, 0.3) is 0 Å². The van der Waals surface area contributed by atoms with Gasteiger partial charge in [0.15, 0.2) is 5.96 Å². The van der Waals surface area contributed by atoms with Crippen molar-refractivity contribution in [2.45, 2.75) is 6.04 Å². The molecule has 3 heteroatoms. The summed E-state index contributed by atoms with van der Waals surface area (Å²) in [7, 11) is 0. The zero-order chi connectivity index (χ0) is 12.1. The summed E-state index contributed by atoms with van der Waals surface area (Å²) in [5, 5.41) is 10.4. The zero-order valence-corrected chi connectivity index (χ0v) is 9.43. The van der Waals surface area contributed by atoms with Gasteiger partial charge in [0.25, 0.3) is 0 Å². The molecule has 2 aromatic carbocycles. The molecule has 0 saturated carbocycles.